The number of halogens is 1. The molecule has 0 aliphatic heterocycles. The van der Waals surface area contributed by atoms with Crippen LogP contribution in [0.2, 0.25) is 0 Å². The maximum absolute atomic E-state index is 14.1. The lowest BCUT2D eigenvalue weighted by atomic mass is 10.1. The molecule has 3 rings (SSSR count). The van der Waals surface area contributed by atoms with Gasteiger partial charge in [0.15, 0.2) is 0 Å². The largest absolute Gasteiger partial charge is 0.401 e. The van der Waals surface area contributed by atoms with Crippen molar-refractivity contribution in [1.82, 2.24) is 20.2 Å². The van der Waals surface area contributed by atoms with Gasteiger partial charge in [-0.2, -0.15) is 4.98 Å². The molecule has 0 fully saturated rings. The predicted octanol–water partition coefficient (Wildman–Crippen LogP) is 0.877. The summed E-state index contributed by atoms with van der Waals surface area (Å²) in [7, 11) is 1.48. The molecule has 5 N–H and O–H groups in total. The normalized spacial score (nSPS) is 11.1. The molecule has 0 unspecified atom stereocenters. The van der Waals surface area contributed by atoms with E-state index >= 15 is 0 Å². The van der Waals surface area contributed by atoms with Crippen LogP contribution in [0.1, 0.15) is 33.8 Å². The lowest BCUT2D eigenvalue weighted by Crippen LogP contribution is -2.19. The van der Waals surface area contributed by atoms with E-state index in [4.69, 9.17) is 5.73 Å². The molecule has 3 aromatic rings. The van der Waals surface area contributed by atoms with Crippen LogP contribution in [0.25, 0.3) is 11.0 Å². The van der Waals surface area contributed by atoms with Crippen LogP contribution >= 0.6 is 11.3 Å². The molecule has 10 heteroatoms. The Morgan fingerprint density at radius 1 is 1.36 bits per heavy atom. The molecule has 3 heterocycles. The van der Waals surface area contributed by atoms with Crippen LogP contribution in [0.3, 0.4) is 0 Å². The van der Waals surface area contributed by atoms with Crippen LogP contribution in [0.5, 0.6) is 0 Å². The van der Waals surface area contributed by atoms with Gasteiger partial charge in [0.2, 0.25) is 13.9 Å². The zero-order chi connectivity index (χ0) is 18.0. The molecule has 25 heavy (non-hydrogen) atoms. The standard InChI is InChI=1S/C15H17BFN5O2S/c16-22-14(24)11-10(17)7(6-25-11)3-1-2-4-8-5-9-12(19-8)20-15(18)21-13(9)23/h5-6H,1-4,16H2,(H,22,24)(H4,18,19,20,21,23). The van der Waals surface area contributed by atoms with Crippen molar-refractivity contribution >= 4 is 42.2 Å². The molecule has 0 saturated heterocycles. The number of nitrogen functional groups attached to an aromatic ring is 1. The quantitative estimate of drug-likeness (QED) is 0.385. The van der Waals surface area contributed by atoms with E-state index in [1.807, 2.05) is 0 Å². The number of thiophene rings is 1. The van der Waals surface area contributed by atoms with Crippen molar-refractivity contribution in [2.24, 2.45) is 0 Å². The summed E-state index contributed by atoms with van der Waals surface area (Å²) in [5.41, 5.74) is 7.16. The molecule has 7 nitrogen and oxygen atoms in total. The van der Waals surface area contributed by atoms with E-state index in [9.17, 15) is 14.0 Å². The third-order valence-electron chi connectivity index (χ3n) is 3.95. The molecule has 0 atom stereocenters. The Labute approximate surface area is 147 Å². The minimum atomic E-state index is -0.429. The van der Waals surface area contributed by atoms with Crippen LogP contribution in [0.4, 0.5) is 10.3 Å². The average molecular weight is 361 g/mol. The van der Waals surface area contributed by atoms with Gasteiger partial charge in [0.05, 0.1) is 5.39 Å². The highest BCUT2D eigenvalue weighted by molar-refractivity contribution is 7.12. The van der Waals surface area contributed by atoms with Crippen molar-refractivity contribution in [2.45, 2.75) is 25.7 Å². The van der Waals surface area contributed by atoms with Crippen molar-refractivity contribution < 1.29 is 9.18 Å². The summed E-state index contributed by atoms with van der Waals surface area (Å²) < 4.78 is 14.1. The second-order valence-corrected chi connectivity index (χ2v) is 6.58. The number of anilines is 1. The number of nitrogens with zero attached hydrogens (tertiary/aromatic N) is 1. The van der Waals surface area contributed by atoms with Gasteiger partial charge in [-0.25, -0.2) is 4.39 Å². The van der Waals surface area contributed by atoms with Gasteiger partial charge >= 0.3 is 0 Å². The molecule has 0 saturated carbocycles. The highest BCUT2D eigenvalue weighted by Crippen LogP contribution is 2.23. The number of carbonyl (C=O) groups is 1. The molecular weight excluding hydrogens is 344 g/mol. The fourth-order valence-electron chi connectivity index (χ4n) is 2.67. The molecule has 1 amide bonds. The molecule has 0 aromatic carbocycles. The van der Waals surface area contributed by atoms with E-state index in [1.165, 1.54) is 7.98 Å². The molecule has 130 valence electrons. The van der Waals surface area contributed by atoms with E-state index in [-0.39, 0.29) is 16.4 Å². The van der Waals surface area contributed by atoms with Gasteiger partial charge < -0.3 is 15.9 Å². The maximum atomic E-state index is 14.1. The number of unbranched alkanes of at least 4 members (excludes halogenated alkanes) is 1. The Hall–Kier alpha value is -2.62. The summed E-state index contributed by atoms with van der Waals surface area (Å²) >= 11 is 1.12. The number of nitrogens with one attached hydrogen (secondary N) is 3. The van der Waals surface area contributed by atoms with E-state index in [2.05, 4.69) is 20.2 Å². The highest BCUT2D eigenvalue weighted by atomic mass is 32.1. The number of hydrogen-bond acceptors (Lipinski definition) is 5. The van der Waals surface area contributed by atoms with Crippen molar-refractivity contribution in [2.75, 3.05) is 5.73 Å². The number of hydrogen-bond donors (Lipinski definition) is 4. The topological polar surface area (TPSA) is 117 Å². The third-order valence-corrected chi connectivity index (χ3v) is 4.95. The predicted molar refractivity (Wildman–Crippen MR) is 98.1 cm³/mol. The van der Waals surface area contributed by atoms with Crippen LogP contribution in [0, 0.1) is 5.82 Å². The number of aromatic nitrogens is 3. The van der Waals surface area contributed by atoms with E-state index in [1.54, 1.807) is 11.4 Å². The number of fused-ring (bicyclic) bond motifs is 1. The number of amides is 1. The Morgan fingerprint density at radius 2 is 2.12 bits per heavy atom. The van der Waals surface area contributed by atoms with Crippen molar-refractivity contribution in [3.63, 3.8) is 0 Å². The van der Waals surface area contributed by atoms with Crippen LogP contribution < -0.4 is 16.5 Å². The van der Waals surface area contributed by atoms with Gasteiger partial charge in [-0.05, 0) is 42.7 Å². The first-order valence-electron chi connectivity index (χ1n) is 7.85. The summed E-state index contributed by atoms with van der Waals surface area (Å²) in [5, 5.41) is 4.59. The zero-order valence-electron chi connectivity index (χ0n) is 13.6. The Balaban J connectivity index is 1.59. The van der Waals surface area contributed by atoms with Gasteiger partial charge in [0.25, 0.3) is 11.5 Å². The SMILES string of the molecule is BNC(=O)c1scc(CCCCc2cc3c(=O)[nH]c(N)nc3[nH]2)c1F. The smallest absolute Gasteiger partial charge is 0.261 e. The number of aryl methyl sites for hydroxylation is 2. The lowest BCUT2D eigenvalue weighted by molar-refractivity contribution is 0.0982. The van der Waals surface area contributed by atoms with Gasteiger partial charge in [-0.1, -0.05) is 0 Å². The van der Waals surface area contributed by atoms with Crippen molar-refractivity contribution in [3.05, 3.63) is 43.8 Å². The fourth-order valence-corrected chi connectivity index (χ4v) is 3.60. The van der Waals surface area contributed by atoms with Crippen molar-refractivity contribution in [1.29, 1.82) is 0 Å². The molecule has 0 spiro atoms. The van der Waals surface area contributed by atoms with Gasteiger partial charge in [0.1, 0.15) is 16.3 Å². The molecule has 0 radical (unpaired) electrons. The van der Waals surface area contributed by atoms with E-state index in [0.717, 1.165) is 29.9 Å². The maximum Gasteiger partial charge on any atom is 0.261 e. The number of aromatic amines is 2. The van der Waals surface area contributed by atoms with Crippen LogP contribution in [-0.2, 0) is 12.8 Å². The summed E-state index contributed by atoms with van der Waals surface area (Å²) in [6.45, 7) is 0. The lowest BCUT2D eigenvalue weighted by Gasteiger charge is -2.00. The van der Waals surface area contributed by atoms with Crippen molar-refractivity contribution in [3.8, 4) is 0 Å². The first kappa shape index (κ1) is 17.2. The number of carbonyl (C=O) groups excluding carboxylic acids is 1. The van der Waals surface area contributed by atoms with Gasteiger partial charge in [-0.3, -0.25) is 14.6 Å². The van der Waals surface area contributed by atoms with E-state index in [0.29, 0.717) is 29.4 Å². The number of rotatable bonds is 6. The second-order valence-electron chi connectivity index (χ2n) is 5.70. The summed E-state index contributed by atoms with van der Waals surface area (Å²) in [5.74, 6) is -0.754. The summed E-state index contributed by atoms with van der Waals surface area (Å²) in [6, 6.07) is 1.76. The van der Waals surface area contributed by atoms with Crippen LogP contribution in [-0.4, -0.2) is 28.8 Å². The third kappa shape index (κ3) is 3.58. The molecule has 3 aromatic heterocycles. The molecular formula is C15H17BFN5O2S. The summed E-state index contributed by atoms with van der Waals surface area (Å²) in [4.78, 5) is 33.0. The first-order chi connectivity index (χ1) is 12.0. The number of nitrogens with two attached hydrogens (primary N) is 1. The molecule has 0 bridgehead atoms. The first-order valence-corrected chi connectivity index (χ1v) is 8.73. The van der Waals surface area contributed by atoms with E-state index < -0.39 is 11.7 Å². The van der Waals surface area contributed by atoms with Crippen LogP contribution in [0.15, 0.2) is 16.2 Å². The van der Waals surface area contributed by atoms with Gasteiger partial charge in [0, 0.05) is 5.69 Å². The fraction of sp³-hybridized carbons (Fsp3) is 0.267. The minimum Gasteiger partial charge on any atom is -0.401 e. The monoisotopic (exact) mass is 361 g/mol. The van der Waals surface area contributed by atoms with Gasteiger partial charge in [-0.15, -0.1) is 11.3 Å². The number of H-pyrrole nitrogens is 2. The molecule has 0 aliphatic carbocycles. The Kier molecular flexibility index (Phi) is 4.89. The molecule has 0 aliphatic rings. The Bertz CT molecular complexity index is 980. The highest BCUT2D eigenvalue weighted by Gasteiger charge is 2.16. The average Bonchev–Trinajstić information content (AvgIpc) is 3.15. The zero-order valence-corrected chi connectivity index (χ0v) is 14.4. The Morgan fingerprint density at radius 3 is 2.88 bits per heavy atom. The summed E-state index contributed by atoms with van der Waals surface area (Å²) in [6.07, 6.45) is 2.85. The second kappa shape index (κ2) is 7.10. The minimum absolute atomic E-state index is 0.0748.